The number of halogens is 1. The van der Waals surface area contributed by atoms with Crippen LogP contribution in [0.25, 0.3) is 0 Å². The van der Waals surface area contributed by atoms with Gasteiger partial charge in [0.1, 0.15) is 4.34 Å². The predicted octanol–water partition coefficient (Wildman–Crippen LogP) is 2.77. The van der Waals surface area contributed by atoms with E-state index in [0.29, 0.717) is 10.8 Å². The second-order valence-corrected chi connectivity index (χ2v) is 4.66. The van der Waals surface area contributed by atoms with Gasteiger partial charge < -0.3 is 5.11 Å². The first-order valence-electron chi connectivity index (χ1n) is 4.49. The van der Waals surface area contributed by atoms with Gasteiger partial charge in [-0.2, -0.15) is 0 Å². The Balaban J connectivity index is 2.62. The number of hydrogen-bond donors (Lipinski definition) is 1. The molecular formula is C9H12ClNO2S. The molecule has 0 fully saturated rings. The van der Waals surface area contributed by atoms with Gasteiger partial charge in [0.2, 0.25) is 0 Å². The number of carboxylic acid groups (broad SMARTS) is 1. The lowest BCUT2D eigenvalue weighted by Crippen LogP contribution is -1.98. The standard InChI is InChI=1S/C9H12ClNO2S/c1-2-3-7-11-6(9(10)14-7)4-5-8(12)13/h2-5H2,1H3,(H,12,13). The summed E-state index contributed by atoms with van der Waals surface area (Å²) in [7, 11) is 0. The molecule has 0 unspecified atom stereocenters. The monoisotopic (exact) mass is 233 g/mol. The number of aromatic nitrogens is 1. The van der Waals surface area contributed by atoms with Crippen molar-refractivity contribution in [2.75, 3.05) is 0 Å². The molecule has 1 N–H and O–H groups in total. The molecule has 0 saturated carbocycles. The highest BCUT2D eigenvalue weighted by Crippen LogP contribution is 2.26. The molecule has 1 aromatic rings. The molecule has 0 spiro atoms. The molecule has 0 saturated heterocycles. The summed E-state index contributed by atoms with van der Waals surface area (Å²) >= 11 is 7.38. The molecule has 1 aromatic heterocycles. The van der Waals surface area contributed by atoms with Gasteiger partial charge in [-0.25, -0.2) is 4.98 Å². The molecule has 0 atom stereocenters. The van der Waals surface area contributed by atoms with E-state index in [2.05, 4.69) is 11.9 Å². The van der Waals surface area contributed by atoms with Gasteiger partial charge in [-0.15, -0.1) is 11.3 Å². The van der Waals surface area contributed by atoms with E-state index in [1.54, 1.807) is 0 Å². The first-order chi connectivity index (χ1) is 6.63. The van der Waals surface area contributed by atoms with Gasteiger partial charge in [-0.1, -0.05) is 18.5 Å². The van der Waals surface area contributed by atoms with Gasteiger partial charge >= 0.3 is 5.97 Å². The number of carbonyl (C=O) groups is 1. The first kappa shape index (κ1) is 11.5. The molecule has 0 radical (unpaired) electrons. The van der Waals surface area contributed by atoms with E-state index in [-0.39, 0.29) is 6.42 Å². The molecule has 78 valence electrons. The van der Waals surface area contributed by atoms with Crippen LogP contribution in [0.3, 0.4) is 0 Å². The van der Waals surface area contributed by atoms with Crippen LogP contribution in [0, 0.1) is 0 Å². The molecule has 0 aromatic carbocycles. The topological polar surface area (TPSA) is 50.2 Å². The quantitative estimate of drug-likeness (QED) is 0.851. The van der Waals surface area contributed by atoms with Crippen LogP contribution >= 0.6 is 22.9 Å². The number of rotatable bonds is 5. The van der Waals surface area contributed by atoms with Crippen molar-refractivity contribution in [2.45, 2.75) is 32.6 Å². The molecule has 0 bridgehead atoms. The summed E-state index contributed by atoms with van der Waals surface area (Å²) in [5.74, 6) is -0.814. The largest absolute Gasteiger partial charge is 0.481 e. The Hall–Kier alpha value is -0.610. The minimum atomic E-state index is -0.814. The summed E-state index contributed by atoms with van der Waals surface area (Å²) in [6, 6.07) is 0. The first-order valence-corrected chi connectivity index (χ1v) is 5.68. The maximum absolute atomic E-state index is 10.3. The average Bonchev–Trinajstić information content (AvgIpc) is 2.44. The van der Waals surface area contributed by atoms with E-state index >= 15 is 0 Å². The summed E-state index contributed by atoms with van der Waals surface area (Å²) in [5, 5.41) is 9.51. The highest BCUT2D eigenvalue weighted by atomic mass is 35.5. The summed E-state index contributed by atoms with van der Waals surface area (Å²) in [4.78, 5) is 14.6. The van der Waals surface area contributed by atoms with Crippen LogP contribution in [0.4, 0.5) is 0 Å². The second-order valence-electron chi connectivity index (χ2n) is 2.97. The fourth-order valence-corrected chi connectivity index (χ4v) is 2.42. The number of carboxylic acids is 1. The van der Waals surface area contributed by atoms with Crippen LogP contribution in [0.2, 0.25) is 4.34 Å². The molecule has 0 amide bonds. The van der Waals surface area contributed by atoms with E-state index in [0.717, 1.165) is 23.5 Å². The van der Waals surface area contributed by atoms with Crippen molar-refractivity contribution in [3.63, 3.8) is 0 Å². The van der Waals surface area contributed by atoms with Crippen molar-refractivity contribution in [1.82, 2.24) is 4.98 Å². The third-order valence-electron chi connectivity index (χ3n) is 1.73. The van der Waals surface area contributed by atoms with Crippen molar-refractivity contribution in [2.24, 2.45) is 0 Å². The van der Waals surface area contributed by atoms with Crippen molar-refractivity contribution in [1.29, 1.82) is 0 Å². The fraction of sp³-hybridized carbons (Fsp3) is 0.556. The number of aliphatic carboxylic acids is 1. The number of nitrogens with zero attached hydrogens (tertiary/aromatic N) is 1. The zero-order valence-electron chi connectivity index (χ0n) is 7.92. The van der Waals surface area contributed by atoms with Crippen LogP contribution in [-0.4, -0.2) is 16.1 Å². The van der Waals surface area contributed by atoms with Crippen molar-refractivity contribution >= 4 is 28.9 Å². The van der Waals surface area contributed by atoms with Crippen molar-refractivity contribution in [3.05, 3.63) is 15.0 Å². The Labute approximate surface area is 91.7 Å². The third kappa shape index (κ3) is 3.27. The minimum Gasteiger partial charge on any atom is -0.481 e. The molecule has 0 aliphatic heterocycles. The van der Waals surface area contributed by atoms with E-state index in [9.17, 15) is 4.79 Å². The van der Waals surface area contributed by atoms with Crippen molar-refractivity contribution in [3.8, 4) is 0 Å². The maximum Gasteiger partial charge on any atom is 0.303 e. The highest BCUT2D eigenvalue weighted by Gasteiger charge is 2.09. The average molecular weight is 234 g/mol. The van der Waals surface area contributed by atoms with Gasteiger partial charge in [0.25, 0.3) is 0 Å². The molecule has 0 aliphatic rings. The highest BCUT2D eigenvalue weighted by molar-refractivity contribution is 7.16. The van der Waals surface area contributed by atoms with E-state index in [1.165, 1.54) is 11.3 Å². The Kier molecular flexibility index (Phi) is 4.35. The van der Waals surface area contributed by atoms with Gasteiger partial charge in [0, 0.05) is 6.42 Å². The Morgan fingerprint density at radius 2 is 2.29 bits per heavy atom. The van der Waals surface area contributed by atoms with Gasteiger partial charge in [0.15, 0.2) is 0 Å². The van der Waals surface area contributed by atoms with Crippen LogP contribution in [0.15, 0.2) is 0 Å². The normalized spacial score (nSPS) is 10.4. The minimum absolute atomic E-state index is 0.0923. The Morgan fingerprint density at radius 1 is 1.57 bits per heavy atom. The molecule has 1 rings (SSSR count). The summed E-state index contributed by atoms with van der Waals surface area (Å²) in [5.41, 5.74) is 0.725. The third-order valence-corrected chi connectivity index (χ3v) is 3.13. The lowest BCUT2D eigenvalue weighted by Gasteiger charge is -1.92. The Bertz CT molecular complexity index is 325. The lowest BCUT2D eigenvalue weighted by atomic mass is 10.2. The molecule has 3 nitrogen and oxygen atoms in total. The number of thiazole rings is 1. The van der Waals surface area contributed by atoms with E-state index in [1.807, 2.05) is 0 Å². The summed E-state index contributed by atoms with van der Waals surface area (Å²) in [6.07, 6.45) is 2.46. The van der Waals surface area contributed by atoms with Crippen LogP contribution in [0.1, 0.15) is 30.5 Å². The number of hydrogen-bond acceptors (Lipinski definition) is 3. The molecule has 0 aliphatic carbocycles. The van der Waals surface area contributed by atoms with E-state index in [4.69, 9.17) is 16.7 Å². The molecular weight excluding hydrogens is 222 g/mol. The molecule has 14 heavy (non-hydrogen) atoms. The second kappa shape index (κ2) is 5.32. The van der Waals surface area contributed by atoms with Crippen LogP contribution in [-0.2, 0) is 17.6 Å². The summed E-state index contributed by atoms with van der Waals surface area (Å²) < 4.78 is 0.634. The zero-order valence-corrected chi connectivity index (χ0v) is 9.49. The van der Waals surface area contributed by atoms with Gasteiger partial charge in [0.05, 0.1) is 17.1 Å². The van der Waals surface area contributed by atoms with Crippen LogP contribution < -0.4 is 0 Å². The summed E-state index contributed by atoms with van der Waals surface area (Å²) in [6.45, 7) is 2.08. The number of aryl methyl sites for hydroxylation is 2. The SMILES string of the molecule is CCCc1nc(CCC(=O)O)c(Cl)s1. The van der Waals surface area contributed by atoms with Gasteiger partial charge in [-0.05, 0) is 12.8 Å². The maximum atomic E-state index is 10.3. The van der Waals surface area contributed by atoms with E-state index < -0.39 is 5.97 Å². The van der Waals surface area contributed by atoms with Gasteiger partial charge in [-0.3, -0.25) is 4.79 Å². The Morgan fingerprint density at radius 3 is 2.86 bits per heavy atom. The zero-order chi connectivity index (χ0) is 10.6. The fourth-order valence-electron chi connectivity index (χ4n) is 1.08. The smallest absolute Gasteiger partial charge is 0.303 e. The van der Waals surface area contributed by atoms with Crippen LogP contribution in [0.5, 0.6) is 0 Å². The van der Waals surface area contributed by atoms with Crippen molar-refractivity contribution < 1.29 is 9.90 Å². The lowest BCUT2D eigenvalue weighted by molar-refractivity contribution is -0.136. The predicted molar refractivity (Wildman–Crippen MR) is 57.1 cm³/mol. The molecule has 1 heterocycles. The molecule has 5 heteroatoms.